The predicted molar refractivity (Wildman–Crippen MR) is 47.1 cm³/mol. The van der Waals surface area contributed by atoms with E-state index in [4.69, 9.17) is 0 Å². The van der Waals surface area contributed by atoms with Crippen LogP contribution in [0.15, 0.2) is 0 Å². The number of carbonyl (C=O) groups is 3. The van der Waals surface area contributed by atoms with E-state index in [1.165, 1.54) is 0 Å². The smallest absolute Gasteiger partial charge is 1.00 e. The van der Waals surface area contributed by atoms with E-state index in [0.717, 1.165) is 13.3 Å². The number of esters is 2. The number of ketones is 1. The summed E-state index contributed by atoms with van der Waals surface area (Å²) >= 11 is 0. The van der Waals surface area contributed by atoms with E-state index < -0.39 is 17.9 Å². The molecule has 5 heteroatoms. The molecule has 0 radical (unpaired) electrons. The van der Waals surface area contributed by atoms with Crippen molar-refractivity contribution in [2.75, 3.05) is 0 Å². The average Bonchev–Trinajstić information content (AvgIpc) is 2.33. The Morgan fingerprint density at radius 3 is 2.54 bits per heavy atom. The van der Waals surface area contributed by atoms with Crippen LogP contribution < -0.4 is 0 Å². The van der Waals surface area contributed by atoms with E-state index in [2.05, 4.69) is 4.74 Å². The zero-order valence-electron chi connectivity index (χ0n) is 9.54. The SMILES string of the molecule is CC(=O)OC(=O)C1CCCC1=O.[H-].[H-].[Mg+2]. The molecule has 1 atom stereocenters. The summed E-state index contributed by atoms with van der Waals surface area (Å²) in [6.07, 6.45) is 1.67. The molecule has 1 unspecified atom stereocenters. The molecule has 0 amide bonds. The van der Waals surface area contributed by atoms with E-state index in [1.54, 1.807) is 0 Å². The zero-order valence-corrected chi connectivity index (χ0v) is 8.95. The molecule has 13 heavy (non-hydrogen) atoms. The molecule has 0 spiro atoms. The first kappa shape index (κ1) is 12.6. The van der Waals surface area contributed by atoms with E-state index in [9.17, 15) is 14.4 Å². The van der Waals surface area contributed by atoms with Gasteiger partial charge in [0.1, 0.15) is 11.7 Å². The number of hydrogen-bond donors (Lipinski definition) is 0. The monoisotopic (exact) mass is 196 g/mol. The quantitative estimate of drug-likeness (QED) is 0.344. The Morgan fingerprint density at radius 1 is 1.54 bits per heavy atom. The van der Waals surface area contributed by atoms with Gasteiger partial charge in [0.15, 0.2) is 0 Å². The molecule has 1 rings (SSSR count). The molecule has 0 N–H and O–H groups in total. The summed E-state index contributed by atoms with van der Waals surface area (Å²) in [4.78, 5) is 32.4. The topological polar surface area (TPSA) is 60.4 Å². The molecule has 4 nitrogen and oxygen atoms in total. The standard InChI is InChI=1S/C8H10O4.Mg.2H/c1-5(9)12-8(11)6-3-2-4-7(6)10;;;/h6H,2-4H2,1H3;;;/q;+2;2*-1. The number of carbonyl (C=O) groups excluding carboxylic acids is 3. The minimum Gasteiger partial charge on any atom is -1.00 e. The third-order valence-corrected chi connectivity index (χ3v) is 1.83. The molecular weight excluding hydrogens is 184 g/mol. The maximum Gasteiger partial charge on any atom is 2.00 e. The van der Waals surface area contributed by atoms with E-state index in [-0.39, 0.29) is 31.7 Å². The summed E-state index contributed by atoms with van der Waals surface area (Å²) in [6, 6.07) is 0. The Labute approximate surface area is 95.1 Å². The Kier molecular flexibility index (Phi) is 5.16. The van der Waals surface area contributed by atoms with Crippen molar-refractivity contribution in [2.24, 2.45) is 5.92 Å². The van der Waals surface area contributed by atoms with Crippen LogP contribution in [0.4, 0.5) is 0 Å². The third-order valence-electron chi connectivity index (χ3n) is 1.83. The number of Topliss-reactive ketones (excluding diaryl/α,β-unsaturated/α-hetero) is 1. The second kappa shape index (κ2) is 5.34. The fraction of sp³-hybridized carbons (Fsp3) is 0.625. The molecule has 1 fully saturated rings. The first-order chi connectivity index (χ1) is 5.61. The predicted octanol–water partition coefficient (Wildman–Crippen LogP) is 0.290. The van der Waals surface area contributed by atoms with Gasteiger partial charge in [0, 0.05) is 13.3 Å². The Hall–Kier alpha value is -0.424. The van der Waals surface area contributed by atoms with E-state index in [1.807, 2.05) is 0 Å². The van der Waals surface area contributed by atoms with Gasteiger partial charge < -0.3 is 7.59 Å². The van der Waals surface area contributed by atoms with Crippen LogP contribution in [-0.4, -0.2) is 40.8 Å². The van der Waals surface area contributed by atoms with Gasteiger partial charge >= 0.3 is 35.0 Å². The average molecular weight is 196 g/mol. The molecule has 0 saturated heterocycles. The second-order valence-corrected chi connectivity index (χ2v) is 2.82. The first-order valence-corrected chi connectivity index (χ1v) is 3.86. The summed E-state index contributed by atoms with van der Waals surface area (Å²) in [5.74, 6) is -2.14. The van der Waals surface area contributed by atoms with Gasteiger partial charge in [-0.1, -0.05) is 0 Å². The van der Waals surface area contributed by atoms with Crippen LogP contribution in [0.1, 0.15) is 29.0 Å². The van der Waals surface area contributed by atoms with Crippen molar-refractivity contribution in [2.45, 2.75) is 26.2 Å². The van der Waals surface area contributed by atoms with Gasteiger partial charge in [-0.2, -0.15) is 0 Å². The summed E-state index contributed by atoms with van der Waals surface area (Å²) < 4.78 is 4.31. The molecule has 1 aliphatic carbocycles. The van der Waals surface area contributed by atoms with E-state index >= 15 is 0 Å². The number of rotatable bonds is 1. The second-order valence-electron chi connectivity index (χ2n) is 2.82. The van der Waals surface area contributed by atoms with Crippen LogP contribution in [0.5, 0.6) is 0 Å². The normalized spacial score (nSPS) is 20.7. The minimum absolute atomic E-state index is 0. The van der Waals surface area contributed by atoms with Crippen molar-refractivity contribution in [3.05, 3.63) is 0 Å². The Balaban J connectivity index is -0.000000480. The number of hydrogen-bond acceptors (Lipinski definition) is 4. The maximum absolute atomic E-state index is 11.0. The molecule has 0 aromatic rings. The van der Waals surface area contributed by atoms with Crippen LogP contribution in [0, 0.1) is 5.92 Å². The number of ether oxygens (including phenoxy) is 1. The van der Waals surface area contributed by atoms with Crippen molar-refractivity contribution in [1.82, 2.24) is 0 Å². The zero-order chi connectivity index (χ0) is 9.14. The Morgan fingerprint density at radius 2 is 2.15 bits per heavy atom. The van der Waals surface area contributed by atoms with Crippen molar-refractivity contribution < 1.29 is 22.0 Å². The molecule has 0 bridgehead atoms. The van der Waals surface area contributed by atoms with Crippen molar-refractivity contribution >= 4 is 40.8 Å². The van der Waals surface area contributed by atoms with Gasteiger partial charge in [-0.3, -0.25) is 14.4 Å². The van der Waals surface area contributed by atoms with Crippen LogP contribution in [0.25, 0.3) is 0 Å². The summed E-state index contributed by atoms with van der Waals surface area (Å²) in [5.41, 5.74) is 0. The Bertz CT molecular complexity index is 245. The van der Waals surface area contributed by atoms with Crippen molar-refractivity contribution in [3.8, 4) is 0 Å². The van der Waals surface area contributed by atoms with Gasteiger partial charge in [-0.25, -0.2) is 0 Å². The van der Waals surface area contributed by atoms with Crippen molar-refractivity contribution in [3.63, 3.8) is 0 Å². The van der Waals surface area contributed by atoms with Gasteiger partial charge in [-0.15, -0.1) is 0 Å². The van der Waals surface area contributed by atoms with Crippen LogP contribution in [0.2, 0.25) is 0 Å². The molecule has 1 aliphatic rings. The first-order valence-electron chi connectivity index (χ1n) is 3.86. The largest absolute Gasteiger partial charge is 2.00 e. The minimum atomic E-state index is -0.690. The van der Waals surface area contributed by atoms with E-state index in [0.29, 0.717) is 12.8 Å². The van der Waals surface area contributed by atoms with Gasteiger partial charge in [0.05, 0.1) is 0 Å². The molecule has 0 heterocycles. The fourth-order valence-electron chi connectivity index (χ4n) is 1.28. The van der Waals surface area contributed by atoms with Gasteiger partial charge in [0.25, 0.3) is 0 Å². The molecular formula is C8H12MgO4. The van der Waals surface area contributed by atoms with Gasteiger partial charge in [-0.05, 0) is 12.8 Å². The van der Waals surface area contributed by atoms with Crippen LogP contribution in [-0.2, 0) is 19.1 Å². The maximum atomic E-state index is 11.0. The molecule has 0 aliphatic heterocycles. The van der Waals surface area contributed by atoms with Gasteiger partial charge in [0.2, 0.25) is 0 Å². The van der Waals surface area contributed by atoms with Crippen molar-refractivity contribution in [1.29, 1.82) is 0 Å². The summed E-state index contributed by atoms with van der Waals surface area (Å²) in [5, 5.41) is 0. The fourth-order valence-corrected chi connectivity index (χ4v) is 1.28. The molecule has 70 valence electrons. The third kappa shape index (κ3) is 3.44. The molecule has 0 aromatic carbocycles. The van der Waals surface area contributed by atoms with Crippen LogP contribution >= 0.6 is 0 Å². The van der Waals surface area contributed by atoms with Crippen LogP contribution in [0.3, 0.4) is 0 Å². The molecule has 0 aromatic heterocycles. The molecule has 1 saturated carbocycles. The summed E-state index contributed by atoms with van der Waals surface area (Å²) in [7, 11) is 0. The summed E-state index contributed by atoms with van der Waals surface area (Å²) in [6.45, 7) is 1.15.